The average molecular weight is 305 g/mol. The van der Waals surface area contributed by atoms with Gasteiger partial charge in [-0.3, -0.25) is 0 Å². The van der Waals surface area contributed by atoms with Crippen molar-refractivity contribution in [3.8, 4) is 0 Å². The highest BCUT2D eigenvalue weighted by molar-refractivity contribution is 5.83. The van der Waals surface area contributed by atoms with E-state index in [0.29, 0.717) is 6.04 Å². The molecule has 118 valence electrons. The van der Waals surface area contributed by atoms with Gasteiger partial charge in [-0.1, -0.05) is 48.5 Å². The summed E-state index contributed by atoms with van der Waals surface area (Å²) in [5.74, 6) is 0.934. The number of nitrogens with one attached hydrogen (secondary N) is 1. The first-order valence-corrected chi connectivity index (χ1v) is 7.97. The minimum atomic E-state index is 0.310. The quantitative estimate of drug-likeness (QED) is 0.763. The van der Waals surface area contributed by atoms with Gasteiger partial charge < -0.3 is 10.2 Å². The van der Waals surface area contributed by atoms with Crippen LogP contribution in [-0.2, 0) is 0 Å². The molecule has 0 saturated heterocycles. The lowest BCUT2D eigenvalue weighted by molar-refractivity contribution is 0.311. The maximum absolute atomic E-state index is 4.73. The van der Waals surface area contributed by atoms with Gasteiger partial charge in [-0.25, -0.2) is 4.98 Å². The van der Waals surface area contributed by atoms with Crippen LogP contribution in [0.4, 0.5) is 5.82 Å². The molecule has 0 fully saturated rings. The van der Waals surface area contributed by atoms with Crippen LogP contribution in [0.1, 0.15) is 17.2 Å². The lowest BCUT2D eigenvalue weighted by Crippen LogP contribution is -2.27. The Labute approximate surface area is 138 Å². The summed E-state index contributed by atoms with van der Waals surface area (Å²) in [5.41, 5.74) is 3.60. The summed E-state index contributed by atoms with van der Waals surface area (Å²) < 4.78 is 0. The van der Waals surface area contributed by atoms with Gasteiger partial charge in [0.2, 0.25) is 0 Å². The summed E-state index contributed by atoms with van der Waals surface area (Å²) in [6, 6.07) is 21.3. The van der Waals surface area contributed by atoms with Gasteiger partial charge >= 0.3 is 0 Å². The van der Waals surface area contributed by atoms with E-state index in [1.807, 2.05) is 6.07 Å². The van der Waals surface area contributed by atoms with Crippen molar-refractivity contribution in [1.82, 2.24) is 9.88 Å². The van der Waals surface area contributed by atoms with E-state index in [4.69, 9.17) is 4.98 Å². The summed E-state index contributed by atoms with van der Waals surface area (Å²) in [5, 5.41) is 4.72. The predicted molar refractivity (Wildman–Crippen MR) is 97.8 cm³/mol. The van der Waals surface area contributed by atoms with Crippen molar-refractivity contribution < 1.29 is 0 Å². The molecule has 3 heteroatoms. The highest BCUT2D eigenvalue weighted by Gasteiger charge is 2.14. The summed E-state index contributed by atoms with van der Waals surface area (Å²) in [4.78, 5) is 6.96. The van der Waals surface area contributed by atoms with Gasteiger partial charge in [-0.2, -0.15) is 0 Å². The molecule has 3 nitrogen and oxygen atoms in total. The van der Waals surface area contributed by atoms with Crippen LogP contribution >= 0.6 is 0 Å². The highest BCUT2D eigenvalue weighted by Crippen LogP contribution is 2.22. The van der Waals surface area contributed by atoms with Crippen molar-refractivity contribution >= 4 is 16.7 Å². The van der Waals surface area contributed by atoms with Crippen molar-refractivity contribution in [2.24, 2.45) is 0 Å². The van der Waals surface area contributed by atoms with Gasteiger partial charge in [-0.05, 0) is 44.3 Å². The third-order valence-corrected chi connectivity index (χ3v) is 4.21. The highest BCUT2D eigenvalue weighted by atomic mass is 15.1. The Morgan fingerprint density at radius 2 is 1.70 bits per heavy atom. The first kappa shape index (κ1) is 15.5. The molecule has 0 aliphatic rings. The summed E-state index contributed by atoms with van der Waals surface area (Å²) >= 11 is 0. The number of pyridine rings is 1. The Morgan fingerprint density at radius 1 is 1.00 bits per heavy atom. The zero-order valence-corrected chi connectivity index (χ0v) is 14.0. The molecular formula is C20H23N3. The van der Waals surface area contributed by atoms with E-state index in [9.17, 15) is 0 Å². The van der Waals surface area contributed by atoms with Gasteiger partial charge in [0.15, 0.2) is 0 Å². The third-order valence-electron chi connectivity index (χ3n) is 4.21. The summed E-state index contributed by atoms with van der Waals surface area (Å²) in [7, 11) is 4.22. The molecule has 0 saturated carbocycles. The van der Waals surface area contributed by atoms with Crippen LogP contribution in [0.3, 0.4) is 0 Å². The van der Waals surface area contributed by atoms with Crippen molar-refractivity contribution in [3.05, 3.63) is 71.8 Å². The molecule has 3 rings (SSSR count). The molecule has 0 aliphatic heterocycles. The number of fused-ring (bicyclic) bond motifs is 1. The Balaban J connectivity index is 1.81. The molecule has 0 unspecified atom stereocenters. The van der Waals surface area contributed by atoms with E-state index in [-0.39, 0.29) is 0 Å². The topological polar surface area (TPSA) is 28.2 Å². The lowest BCUT2D eigenvalue weighted by Gasteiger charge is -2.25. The maximum Gasteiger partial charge on any atom is 0.126 e. The van der Waals surface area contributed by atoms with Crippen LogP contribution in [0.5, 0.6) is 0 Å². The molecule has 1 N–H and O–H groups in total. The number of nitrogens with zero attached hydrogens (tertiary/aromatic N) is 2. The van der Waals surface area contributed by atoms with Gasteiger partial charge in [0.05, 0.1) is 11.6 Å². The fraction of sp³-hybridized carbons (Fsp3) is 0.250. The number of hydrogen-bond donors (Lipinski definition) is 1. The van der Waals surface area contributed by atoms with Crippen LogP contribution in [0, 0.1) is 6.92 Å². The van der Waals surface area contributed by atoms with E-state index >= 15 is 0 Å². The molecule has 0 spiro atoms. The minimum Gasteiger partial charge on any atom is -0.368 e. The molecule has 1 atom stereocenters. The summed E-state index contributed by atoms with van der Waals surface area (Å²) in [6.07, 6.45) is 0. The Hall–Kier alpha value is -2.39. The largest absolute Gasteiger partial charge is 0.368 e. The standard InChI is InChI=1S/C20H23N3/c1-15-13-20(22-18-12-8-7-11-17(15)18)21-14-19(23(2)3)16-9-5-4-6-10-16/h4-13,19H,14H2,1-3H3,(H,21,22)/t19-/m1/s1. The minimum absolute atomic E-state index is 0.310. The zero-order valence-electron chi connectivity index (χ0n) is 14.0. The average Bonchev–Trinajstić information content (AvgIpc) is 2.56. The van der Waals surface area contributed by atoms with E-state index in [2.05, 4.69) is 85.8 Å². The monoisotopic (exact) mass is 305 g/mol. The molecular weight excluding hydrogens is 282 g/mol. The first-order chi connectivity index (χ1) is 11.1. The smallest absolute Gasteiger partial charge is 0.126 e. The number of para-hydroxylation sites is 1. The van der Waals surface area contributed by atoms with Crippen LogP contribution in [0.25, 0.3) is 10.9 Å². The van der Waals surface area contributed by atoms with Crippen molar-refractivity contribution in [1.29, 1.82) is 0 Å². The first-order valence-electron chi connectivity index (χ1n) is 7.97. The van der Waals surface area contributed by atoms with Gasteiger partial charge in [0, 0.05) is 11.9 Å². The maximum atomic E-state index is 4.73. The second-order valence-electron chi connectivity index (χ2n) is 6.11. The molecule has 0 amide bonds. The Kier molecular flexibility index (Phi) is 4.58. The van der Waals surface area contributed by atoms with E-state index < -0.39 is 0 Å². The molecule has 2 aromatic carbocycles. The number of hydrogen-bond acceptors (Lipinski definition) is 3. The lowest BCUT2D eigenvalue weighted by atomic mass is 10.1. The predicted octanol–water partition coefficient (Wildman–Crippen LogP) is 4.26. The number of rotatable bonds is 5. The fourth-order valence-electron chi connectivity index (χ4n) is 2.92. The molecule has 3 aromatic rings. The second-order valence-corrected chi connectivity index (χ2v) is 6.11. The van der Waals surface area contributed by atoms with Gasteiger partial charge in [0.1, 0.15) is 5.82 Å². The van der Waals surface area contributed by atoms with E-state index in [1.54, 1.807) is 0 Å². The second kappa shape index (κ2) is 6.80. The molecule has 0 bridgehead atoms. The normalized spacial score (nSPS) is 12.5. The van der Waals surface area contributed by atoms with E-state index in [0.717, 1.165) is 17.9 Å². The van der Waals surface area contributed by atoms with Crippen molar-refractivity contribution in [2.45, 2.75) is 13.0 Å². The third kappa shape index (κ3) is 3.51. The summed E-state index contributed by atoms with van der Waals surface area (Å²) in [6.45, 7) is 2.96. The Bertz CT molecular complexity index is 781. The van der Waals surface area contributed by atoms with Crippen LogP contribution < -0.4 is 5.32 Å². The van der Waals surface area contributed by atoms with Gasteiger partial charge in [-0.15, -0.1) is 0 Å². The van der Waals surface area contributed by atoms with E-state index in [1.165, 1.54) is 16.5 Å². The van der Waals surface area contributed by atoms with Crippen LogP contribution in [-0.4, -0.2) is 30.5 Å². The number of benzene rings is 2. The molecule has 23 heavy (non-hydrogen) atoms. The molecule has 0 radical (unpaired) electrons. The van der Waals surface area contributed by atoms with Crippen LogP contribution in [0.15, 0.2) is 60.7 Å². The van der Waals surface area contributed by atoms with Crippen LogP contribution in [0.2, 0.25) is 0 Å². The SMILES string of the molecule is Cc1cc(NC[C@H](c2ccccc2)N(C)C)nc2ccccc12. The molecule has 0 aliphatic carbocycles. The van der Waals surface area contributed by atoms with Crippen molar-refractivity contribution in [3.63, 3.8) is 0 Å². The zero-order chi connectivity index (χ0) is 16.2. The van der Waals surface area contributed by atoms with Gasteiger partial charge in [0.25, 0.3) is 0 Å². The number of likely N-dealkylation sites (N-methyl/N-ethyl adjacent to an activating group) is 1. The molecule has 1 aromatic heterocycles. The van der Waals surface area contributed by atoms with Crippen molar-refractivity contribution in [2.75, 3.05) is 26.0 Å². The fourth-order valence-corrected chi connectivity index (χ4v) is 2.92. The number of aromatic nitrogens is 1. The number of anilines is 1. The Morgan fingerprint density at radius 3 is 2.43 bits per heavy atom. The molecule has 1 heterocycles. The number of aryl methyl sites for hydroxylation is 1.